The van der Waals surface area contributed by atoms with Crippen molar-refractivity contribution in [3.63, 3.8) is 0 Å². The molecule has 1 aliphatic heterocycles. The van der Waals surface area contributed by atoms with Gasteiger partial charge in [-0.25, -0.2) is 13.4 Å². The number of nitrogens with one attached hydrogen (secondary N) is 1. The second-order valence-corrected chi connectivity index (χ2v) is 7.73. The van der Waals surface area contributed by atoms with Crippen molar-refractivity contribution in [3.05, 3.63) is 17.0 Å². The summed E-state index contributed by atoms with van der Waals surface area (Å²) in [7, 11) is -1.62. The minimum Gasteiger partial charge on any atom is -0.481 e. The van der Waals surface area contributed by atoms with Crippen molar-refractivity contribution in [2.75, 3.05) is 33.2 Å². The molecule has 0 spiro atoms. The van der Waals surface area contributed by atoms with E-state index in [2.05, 4.69) is 9.73 Å². The zero-order valence-electron chi connectivity index (χ0n) is 11.1. The van der Waals surface area contributed by atoms with E-state index in [-0.39, 0.29) is 10.6 Å². The number of thiophene rings is 1. The van der Waals surface area contributed by atoms with Gasteiger partial charge in [-0.3, -0.25) is 4.79 Å². The molecule has 0 amide bonds. The Morgan fingerprint density at radius 1 is 1.35 bits per heavy atom. The van der Waals surface area contributed by atoms with Crippen LogP contribution < -0.4 is 4.83 Å². The average Bonchev–Trinajstić information content (AvgIpc) is 2.80. The van der Waals surface area contributed by atoms with Crippen LogP contribution in [0.4, 0.5) is 0 Å². The lowest BCUT2D eigenvalue weighted by molar-refractivity contribution is -0.136. The van der Waals surface area contributed by atoms with E-state index in [9.17, 15) is 13.2 Å². The van der Waals surface area contributed by atoms with E-state index in [0.29, 0.717) is 18.0 Å². The third-order valence-electron chi connectivity index (χ3n) is 2.98. The van der Waals surface area contributed by atoms with Crippen molar-refractivity contribution < 1.29 is 18.3 Å². The maximum atomic E-state index is 12.2. The van der Waals surface area contributed by atoms with E-state index in [4.69, 9.17) is 5.11 Å². The third kappa shape index (κ3) is 4.00. The molecule has 9 heteroatoms. The van der Waals surface area contributed by atoms with Gasteiger partial charge >= 0.3 is 5.97 Å². The fourth-order valence-corrected chi connectivity index (χ4v) is 4.32. The van der Waals surface area contributed by atoms with Gasteiger partial charge in [0.25, 0.3) is 10.0 Å². The Morgan fingerprint density at radius 3 is 2.60 bits per heavy atom. The quantitative estimate of drug-likeness (QED) is 0.782. The van der Waals surface area contributed by atoms with Gasteiger partial charge in [-0.05, 0) is 19.2 Å². The van der Waals surface area contributed by atoms with Crippen molar-refractivity contribution in [3.8, 4) is 0 Å². The van der Waals surface area contributed by atoms with E-state index in [1.54, 1.807) is 5.01 Å². The summed E-state index contributed by atoms with van der Waals surface area (Å²) < 4.78 is 24.5. The second kappa shape index (κ2) is 6.19. The minimum absolute atomic E-state index is 0.146. The second-order valence-electron chi connectivity index (χ2n) is 4.68. The number of hydrogen-bond donors (Lipinski definition) is 2. The van der Waals surface area contributed by atoms with Crippen molar-refractivity contribution in [2.24, 2.45) is 0 Å². The Kier molecular flexibility index (Phi) is 4.76. The van der Waals surface area contributed by atoms with Gasteiger partial charge in [-0.1, -0.05) is 0 Å². The zero-order valence-corrected chi connectivity index (χ0v) is 12.7. The molecule has 1 aromatic heterocycles. The van der Waals surface area contributed by atoms with Gasteiger partial charge in [0.15, 0.2) is 0 Å². The molecule has 0 atom stereocenters. The van der Waals surface area contributed by atoms with E-state index < -0.39 is 16.0 Å². The van der Waals surface area contributed by atoms with Gasteiger partial charge in [-0.2, -0.15) is 0 Å². The first-order chi connectivity index (χ1) is 9.37. The number of carboxylic acids is 1. The van der Waals surface area contributed by atoms with Gasteiger partial charge in [-0.15, -0.1) is 16.2 Å². The van der Waals surface area contributed by atoms with Crippen LogP contribution in [0.1, 0.15) is 4.88 Å². The topological polar surface area (TPSA) is 90.0 Å². The van der Waals surface area contributed by atoms with Crippen molar-refractivity contribution in [2.45, 2.75) is 10.6 Å². The molecule has 2 heterocycles. The van der Waals surface area contributed by atoms with Crippen LogP contribution in [0.3, 0.4) is 0 Å². The number of sulfonamides is 1. The first kappa shape index (κ1) is 15.4. The highest BCUT2D eigenvalue weighted by molar-refractivity contribution is 7.91. The molecule has 1 saturated heterocycles. The molecular formula is C11H17N3O4S2. The molecule has 0 aromatic carbocycles. The first-order valence-corrected chi connectivity index (χ1v) is 8.43. The number of rotatable bonds is 5. The Bertz CT molecular complexity index is 576. The molecule has 2 rings (SSSR count). The summed E-state index contributed by atoms with van der Waals surface area (Å²) in [6, 6.07) is 2.98. The lowest BCUT2D eigenvalue weighted by atomic mass is 10.3. The number of aliphatic carboxylic acids is 1. The van der Waals surface area contributed by atoms with E-state index in [1.165, 1.54) is 12.1 Å². The molecule has 20 heavy (non-hydrogen) atoms. The van der Waals surface area contributed by atoms with Gasteiger partial charge in [0, 0.05) is 31.1 Å². The minimum atomic E-state index is -3.61. The Labute approximate surface area is 121 Å². The molecule has 2 N–H and O–H groups in total. The van der Waals surface area contributed by atoms with Crippen molar-refractivity contribution in [1.29, 1.82) is 0 Å². The largest absolute Gasteiger partial charge is 0.481 e. The molecule has 1 fully saturated rings. The summed E-state index contributed by atoms with van der Waals surface area (Å²) in [6.45, 7) is 2.86. The summed E-state index contributed by atoms with van der Waals surface area (Å²) >= 11 is 0.989. The van der Waals surface area contributed by atoms with Gasteiger partial charge in [0.2, 0.25) is 0 Å². The average molecular weight is 319 g/mol. The molecule has 0 bridgehead atoms. The highest BCUT2D eigenvalue weighted by Crippen LogP contribution is 2.22. The predicted molar refractivity (Wildman–Crippen MR) is 75.1 cm³/mol. The van der Waals surface area contributed by atoms with Crippen LogP contribution in [-0.2, 0) is 21.2 Å². The van der Waals surface area contributed by atoms with E-state index in [1.807, 2.05) is 7.05 Å². The monoisotopic (exact) mass is 319 g/mol. The fourth-order valence-electron chi connectivity index (χ4n) is 1.86. The van der Waals surface area contributed by atoms with E-state index >= 15 is 0 Å². The molecule has 0 unspecified atom stereocenters. The van der Waals surface area contributed by atoms with Crippen molar-refractivity contribution in [1.82, 2.24) is 14.7 Å². The maximum absolute atomic E-state index is 12.2. The predicted octanol–water partition coefficient (Wildman–Crippen LogP) is -0.184. The molecule has 1 aliphatic rings. The Morgan fingerprint density at radius 2 is 2.00 bits per heavy atom. The van der Waals surface area contributed by atoms with Gasteiger partial charge in [0.1, 0.15) is 4.21 Å². The van der Waals surface area contributed by atoms with Crippen LogP contribution in [0.25, 0.3) is 0 Å². The lowest BCUT2D eigenvalue weighted by Gasteiger charge is -2.31. The van der Waals surface area contributed by atoms with Crippen LogP contribution >= 0.6 is 11.3 Å². The fraction of sp³-hybridized carbons (Fsp3) is 0.545. The summed E-state index contributed by atoms with van der Waals surface area (Å²) in [5.41, 5.74) is 0. The smallest absolute Gasteiger partial charge is 0.308 e. The van der Waals surface area contributed by atoms with Crippen LogP contribution in [0.2, 0.25) is 0 Å². The number of hydrogen-bond acceptors (Lipinski definition) is 6. The number of hydrazine groups is 1. The van der Waals surface area contributed by atoms with Gasteiger partial charge < -0.3 is 10.0 Å². The maximum Gasteiger partial charge on any atom is 0.308 e. The first-order valence-electron chi connectivity index (χ1n) is 6.13. The highest BCUT2D eigenvalue weighted by atomic mass is 32.2. The molecule has 0 saturated carbocycles. The number of likely N-dealkylation sites (N-methyl/N-ethyl adjacent to an activating group) is 1. The standard InChI is InChI=1S/C11H17N3O4S2/c1-13-4-6-14(7-5-13)12-20(17,18)11-3-2-9(19-11)8-10(15)16/h2-3,12H,4-8H2,1H3,(H,15,16). The molecule has 0 aliphatic carbocycles. The molecule has 7 nitrogen and oxygen atoms in total. The zero-order chi connectivity index (χ0) is 14.8. The van der Waals surface area contributed by atoms with Crippen LogP contribution in [0, 0.1) is 0 Å². The molecule has 0 radical (unpaired) electrons. The summed E-state index contributed by atoms with van der Waals surface area (Å²) in [5, 5.41) is 10.4. The number of carbonyl (C=O) groups is 1. The number of piperazine rings is 1. The lowest BCUT2D eigenvalue weighted by Crippen LogP contribution is -2.52. The van der Waals surface area contributed by atoms with Crippen molar-refractivity contribution >= 4 is 27.3 Å². The molecule has 1 aromatic rings. The Hall–Kier alpha value is -1.00. The van der Waals surface area contributed by atoms with Crippen LogP contribution in [-0.4, -0.2) is 62.6 Å². The van der Waals surface area contributed by atoms with Crippen LogP contribution in [0.5, 0.6) is 0 Å². The molecule has 112 valence electrons. The SMILES string of the molecule is CN1CCN(NS(=O)(=O)c2ccc(CC(=O)O)s2)CC1. The third-order valence-corrected chi connectivity index (χ3v) is 5.93. The summed E-state index contributed by atoms with van der Waals surface area (Å²) in [5.74, 6) is -0.970. The number of nitrogens with zero attached hydrogens (tertiary/aromatic N) is 2. The summed E-state index contributed by atoms with van der Waals surface area (Å²) in [4.78, 5) is 15.8. The summed E-state index contributed by atoms with van der Waals surface area (Å²) in [6.07, 6.45) is -0.158. The highest BCUT2D eigenvalue weighted by Gasteiger charge is 2.23. The Balaban J connectivity index is 2.02. The van der Waals surface area contributed by atoms with Crippen LogP contribution in [0.15, 0.2) is 16.3 Å². The molecular weight excluding hydrogens is 302 g/mol. The number of carboxylic acid groups (broad SMARTS) is 1. The van der Waals surface area contributed by atoms with E-state index in [0.717, 1.165) is 24.4 Å². The van der Waals surface area contributed by atoms with Gasteiger partial charge in [0.05, 0.1) is 6.42 Å². The normalized spacial score (nSPS) is 18.2.